The molecule has 3 atom stereocenters. The molecule has 1 fully saturated rings. The van der Waals surface area contributed by atoms with E-state index in [0.717, 1.165) is 42.9 Å². The lowest BCUT2D eigenvalue weighted by Crippen LogP contribution is -2.53. The maximum Gasteiger partial charge on any atom is 0.217 e. The van der Waals surface area contributed by atoms with Gasteiger partial charge in [-0.2, -0.15) is 0 Å². The van der Waals surface area contributed by atoms with E-state index in [-0.39, 0.29) is 29.8 Å². The van der Waals surface area contributed by atoms with E-state index >= 15 is 0 Å². The van der Waals surface area contributed by atoms with E-state index in [0.29, 0.717) is 5.56 Å². The van der Waals surface area contributed by atoms with Gasteiger partial charge in [-0.3, -0.25) is 4.79 Å². The molecule has 1 amide bonds. The normalized spacial score (nSPS) is 20.4. The van der Waals surface area contributed by atoms with Gasteiger partial charge >= 0.3 is 0 Å². The fourth-order valence-corrected chi connectivity index (χ4v) is 5.00. The van der Waals surface area contributed by atoms with Gasteiger partial charge in [-0.25, -0.2) is 8.78 Å². The molecule has 1 aliphatic carbocycles. The molecular formula is C29H38F2N2O2. The Bertz CT molecular complexity index is 1040. The van der Waals surface area contributed by atoms with Crippen LogP contribution in [0.1, 0.15) is 70.1 Å². The summed E-state index contributed by atoms with van der Waals surface area (Å²) in [4.78, 5) is 11.8. The Labute approximate surface area is 207 Å². The summed E-state index contributed by atoms with van der Waals surface area (Å²) in [5, 5.41) is 17.5. The monoisotopic (exact) mass is 484 g/mol. The molecule has 0 heterocycles. The number of aliphatic hydroxyl groups is 1. The Morgan fingerprint density at radius 2 is 1.86 bits per heavy atom. The molecule has 1 aliphatic rings. The summed E-state index contributed by atoms with van der Waals surface area (Å²) in [6, 6.07) is 11.1. The van der Waals surface area contributed by atoms with E-state index in [1.54, 1.807) is 0 Å². The van der Waals surface area contributed by atoms with Crippen LogP contribution < -0.4 is 10.6 Å². The minimum Gasteiger partial charge on any atom is -0.390 e. The Balaban J connectivity index is 1.84. The zero-order valence-electron chi connectivity index (χ0n) is 21.3. The van der Waals surface area contributed by atoms with Crippen LogP contribution in [0.5, 0.6) is 0 Å². The second-order valence-corrected chi connectivity index (χ2v) is 10.9. The summed E-state index contributed by atoms with van der Waals surface area (Å²) in [6.07, 6.45) is 2.75. The molecule has 3 N–H and O–H groups in total. The van der Waals surface area contributed by atoms with Gasteiger partial charge in [0.2, 0.25) is 5.91 Å². The lowest BCUT2D eigenvalue weighted by molar-refractivity contribution is -0.120. The zero-order valence-corrected chi connectivity index (χ0v) is 21.3. The second-order valence-electron chi connectivity index (χ2n) is 10.9. The third-order valence-electron chi connectivity index (χ3n) is 6.85. The predicted octanol–water partition coefficient (Wildman–Crippen LogP) is 5.29. The van der Waals surface area contributed by atoms with Crippen LogP contribution in [0.4, 0.5) is 8.78 Å². The third-order valence-corrected chi connectivity index (χ3v) is 6.85. The van der Waals surface area contributed by atoms with Crippen molar-refractivity contribution in [3.63, 3.8) is 0 Å². The molecule has 0 bridgehead atoms. The van der Waals surface area contributed by atoms with Crippen LogP contribution in [0.2, 0.25) is 0 Å². The van der Waals surface area contributed by atoms with Crippen molar-refractivity contribution in [3.05, 3.63) is 82.9 Å². The highest BCUT2D eigenvalue weighted by molar-refractivity contribution is 5.73. The summed E-state index contributed by atoms with van der Waals surface area (Å²) in [7, 11) is 0. The Kier molecular flexibility index (Phi) is 8.50. The SMILES string of the molecule is C=C1CCCC(NC[C@@H](O)[C@@H](Cc2cc(F)cc(F)c2)NC(C)=O)(c2cccc(C(C)(C)C)c2)C1. The molecule has 2 aromatic carbocycles. The first kappa shape index (κ1) is 27.0. The van der Waals surface area contributed by atoms with Crippen LogP contribution in [-0.4, -0.2) is 29.7 Å². The van der Waals surface area contributed by atoms with Gasteiger partial charge in [0.05, 0.1) is 12.1 Å². The summed E-state index contributed by atoms with van der Waals surface area (Å²) in [6.45, 7) is 12.4. The lowest BCUT2D eigenvalue weighted by Gasteiger charge is -2.41. The van der Waals surface area contributed by atoms with Gasteiger partial charge in [0.25, 0.3) is 0 Å². The number of rotatable bonds is 8. The van der Waals surface area contributed by atoms with E-state index < -0.39 is 23.8 Å². The summed E-state index contributed by atoms with van der Waals surface area (Å²) < 4.78 is 27.4. The summed E-state index contributed by atoms with van der Waals surface area (Å²) >= 11 is 0. The highest BCUT2D eigenvalue weighted by Gasteiger charge is 2.36. The molecule has 4 nitrogen and oxygen atoms in total. The van der Waals surface area contributed by atoms with Crippen molar-refractivity contribution in [2.75, 3.05) is 6.54 Å². The molecule has 0 aromatic heterocycles. The van der Waals surface area contributed by atoms with Gasteiger partial charge in [-0.1, -0.05) is 57.2 Å². The molecule has 1 unspecified atom stereocenters. The van der Waals surface area contributed by atoms with E-state index in [9.17, 15) is 18.7 Å². The molecule has 0 aliphatic heterocycles. The topological polar surface area (TPSA) is 61.4 Å². The molecular weight excluding hydrogens is 446 g/mol. The molecule has 35 heavy (non-hydrogen) atoms. The fraction of sp³-hybridized carbons (Fsp3) is 0.483. The maximum absolute atomic E-state index is 13.7. The van der Waals surface area contributed by atoms with Crippen LogP contribution >= 0.6 is 0 Å². The van der Waals surface area contributed by atoms with Crippen LogP contribution in [0, 0.1) is 11.6 Å². The number of carbonyl (C=O) groups is 1. The lowest BCUT2D eigenvalue weighted by atomic mass is 9.73. The van der Waals surface area contributed by atoms with Gasteiger partial charge in [-0.15, -0.1) is 0 Å². The molecule has 2 aromatic rings. The molecule has 0 radical (unpaired) electrons. The molecule has 0 spiro atoms. The van der Waals surface area contributed by atoms with E-state index in [4.69, 9.17) is 0 Å². The minimum absolute atomic E-state index is 0.000869. The quantitative estimate of drug-likeness (QED) is 0.447. The van der Waals surface area contributed by atoms with Gasteiger partial charge in [0, 0.05) is 25.1 Å². The van der Waals surface area contributed by atoms with Crippen LogP contribution in [0.3, 0.4) is 0 Å². The average molecular weight is 485 g/mol. The van der Waals surface area contributed by atoms with E-state index in [1.165, 1.54) is 24.6 Å². The Hall–Kier alpha value is -2.57. The molecule has 0 saturated heterocycles. The van der Waals surface area contributed by atoms with Crippen molar-refractivity contribution >= 4 is 5.91 Å². The number of benzene rings is 2. The zero-order chi connectivity index (χ0) is 25.8. The summed E-state index contributed by atoms with van der Waals surface area (Å²) in [5.74, 6) is -1.69. The van der Waals surface area contributed by atoms with Gasteiger partial charge in [-0.05, 0) is 66.3 Å². The van der Waals surface area contributed by atoms with Crippen molar-refractivity contribution < 1.29 is 18.7 Å². The first-order chi connectivity index (χ1) is 16.4. The third kappa shape index (κ3) is 7.21. The van der Waals surface area contributed by atoms with Crippen molar-refractivity contribution in [2.45, 2.75) is 82.9 Å². The summed E-state index contributed by atoms with van der Waals surface area (Å²) in [5.41, 5.74) is 3.54. The average Bonchev–Trinajstić information content (AvgIpc) is 2.75. The number of nitrogens with one attached hydrogen (secondary N) is 2. The van der Waals surface area contributed by atoms with Crippen molar-refractivity contribution in [3.8, 4) is 0 Å². The Morgan fingerprint density at radius 1 is 1.17 bits per heavy atom. The Morgan fingerprint density at radius 3 is 2.46 bits per heavy atom. The molecule has 3 rings (SSSR count). The number of carbonyl (C=O) groups excluding carboxylic acids is 1. The number of amides is 1. The van der Waals surface area contributed by atoms with Crippen LogP contribution in [0.25, 0.3) is 0 Å². The van der Waals surface area contributed by atoms with Crippen LogP contribution in [0.15, 0.2) is 54.6 Å². The van der Waals surface area contributed by atoms with E-state index in [1.807, 2.05) is 0 Å². The molecule has 6 heteroatoms. The maximum atomic E-state index is 13.7. The fourth-order valence-electron chi connectivity index (χ4n) is 5.00. The largest absolute Gasteiger partial charge is 0.390 e. The second kappa shape index (κ2) is 11.0. The van der Waals surface area contributed by atoms with E-state index in [2.05, 4.69) is 62.2 Å². The minimum atomic E-state index is -0.969. The molecule has 1 saturated carbocycles. The standard InChI is InChI=1S/C29H38F2N2O2/c1-19-8-7-11-29(17-19,23-10-6-9-22(15-23)28(3,4)5)32-18-27(35)26(33-20(2)34)14-21-12-24(30)16-25(31)13-21/h6,9-10,12-13,15-16,26-27,32,35H,1,7-8,11,14,17-18H2,2-5H3,(H,33,34)/t26-,27-,29?/m1/s1. The van der Waals surface area contributed by atoms with Gasteiger partial charge in [0.1, 0.15) is 11.6 Å². The van der Waals surface area contributed by atoms with Gasteiger partial charge < -0.3 is 15.7 Å². The number of halogens is 2. The van der Waals surface area contributed by atoms with Crippen molar-refractivity contribution in [1.82, 2.24) is 10.6 Å². The predicted molar refractivity (Wildman–Crippen MR) is 136 cm³/mol. The van der Waals surface area contributed by atoms with Crippen molar-refractivity contribution in [1.29, 1.82) is 0 Å². The number of hydrogen-bond donors (Lipinski definition) is 3. The highest BCUT2D eigenvalue weighted by atomic mass is 19.1. The van der Waals surface area contributed by atoms with Gasteiger partial charge in [0.15, 0.2) is 0 Å². The first-order valence-corrected chi connectivity index (χ1v) is 12.3. The number of hydrogen-bond acceptors (Lipinski definition) is 3. The number of aliphatic hydroxyl groups excluding tert-OH is 1. The first-order valence-electron chi connectivity index (χ1n) is 12.3. The molecule has 190 valence electrons. The van der Waals surface area contributed by atoms with Crippen molar-refractivity contribution in [2.24, 2.45) is 0 Å². The highest BCUT2D eigenvalue weighted by Crippen LogP contribution is 2.40. The van der Waals surface area contributed by atoms with Crippen LogP contribution in [-0.2, 0) is 22.2 Å². The smallest absolute Gasteiger partial charge is 0.217 e.